The van der Waals surface area contributed by atoms with Gasteiger partial charge in [0, 0.05) is 0 Å². The van der Waals surface area contributed by atoms with E-state index in [2.05, 4.69) is 9.26 Å². The van der Waals surface area contributed by atoms with Crippen LogP contribution in [0.15, 0.2) is 0 Å². The van der Waals surface area contributed by atoms with Crippen molar-refractivity contribution in [3.63, 3.8) is 0 Å². The topological polar surface area (TPSA) is 58.9 Å². The van der Waals surface area contributed by atoms with Crippen molar-refractivity contribution < 1.29 is 19.0 Å². The Labute approximate surface area is 59.3 Å². The summed E-state index contributed by atoms with van der Waals surface area (Å²) >= 11 is 5.12. The van der Waals surface area contributed by atoms with Crippen LogP contribution in [0.5, 0.6) is 0 Å². The molecule has 0 saturated heterocycles. The predicted molar refractivity (Wildman–Crippen MR) is 34.0 cm³/mol. The van der Waals surface area contributed by atoms with Crippen LogP contribution in [0.2, 0.25) is 0 Å². The highest BCUT2D eigenvalue weighted by atomic mass is 35.5. The summed E-state index contributed by atoms with van der Waals surface area (Å²) < 4.78 is 8.95. The number of hydrogen-bond donors (Lipinski definition) is 2. The van der Waals surface area contributed by atoms with Gasteiger partial charge in [0.1, 0.15) is 6.07 Å². The number of hydrogen-bond acceptors (Lipinski definition) is 4. The van der Waals surface area contributed by atoms with Crippen LogP contribution in [-0.4, -0.2) is 29.1 Å². The maximum Gasteiger partial charge on any atom is 0.327 e. The molecule has 0 bridgehead atoms. The summed E-state index contributed by atoms with van der Waals surface area (Å²) in [7, 11) is -2.24. The largest absolute Gasteiger partial charge is 0.363 e. The van der Waals surface area contributed by atoms with Crippen molar-refractivity contribution in [3.05, 3.63) is 0 Å². The molecule has 4 nitrogen and oxygen atoms in total. The standard InChI is InChI=1S/C3H8ClO4P/c4-3-7-1-2-8-9(5)6/h5-6H,1-3H2. The molecule has 0 aromatic heterocycles. The normalized spacial score (nSPS) is 10.7. The van der Waals surface area contributed by atoms with E-state index in [1.54, 1.807) is 0 Å². The van der Waals surface area contributed by atoms with E-state index in [0.29, 0.717) is 0 Å². The van der Waals surface area contributed by atoms with Crippen molar-refractivity contribution in [1.29, 1.82) is 0 Å². The lowest BCUT2D eigenvalue weighted by molar-refractivity contribution is 0.125. The second kappa shape index (κ2) is 6.68. The van der Waals surface area contributed by atoms with Gasteiger partial charge in [-0.25, -0.2) is 0 Å². The van der Waals surface area contributed by atoms with Crippen LogP contribution >= 0.6 is 20.2 Å². The fourth-order valence-electron chi connectivity index (χ4n) is 0.232. The molecule has 0 rings (SSSR count). The van der Waals surface area contributed by atoms with Gasteiger partial charge < -0.3 is 19.0 Å². The molecule has 0 aromatic rings. The van der Waals surface area contributed by atoms with Gasteiger partial charge in [-0.2, -0.15) is 0 Å². The van der Waals surface area contributed by atoms with E-state index in [1.165, 1.54) is 0 Å². The third-order valence-electron chi connectivity index (χ3n) is 0.512. The van der Waals surface area contributed by atoms with Crippen LogP contribution in [0, 0.1) is 0 Å². The molecule has 0 atom stereocenters. The van der Waals surface area contributed by atoms with Gasteiger partial charge in [0.05, 0.1) is 13.2 Å². The monoisotopic (exact) mass is 174 g/mol. The smallest absolute Gasteiger partial charge is 0.327 e. The zero-order valence-electron chi connectivity index (χ0n) is 4.66. The third kappa shape index (κ3) is 8.56. The van der Waals surface area contributed by atoms with Crippen LogP contribution in [0.3, 0.4) is 0 Å². The average Bonchev–Trinajstić information content (AvgIpc) is 1.80. The van der Waals surface area contributed by atoms with E-state index >= 15 is 0 Å². The minimum Gasteiger partial charge on any atom is -0.363 e. The summed E-state index contributed by atoms with van der Waals surface area (Å²) in [5.74, 6) is 0. The Hall–Kier alpha value is 0.560. The molecule has 0 saturated carbocycles. The Morgan fingerprint density at radius 2 is 2.00 bits per heavy atom. The molecule has 2 N–H and O–H groups in total. The molecule has 0 heterocycles. The van der Waals surface area contributed by atoms with Gasteiger partial charge >= 0.3 is 8.60 Å². The van der Waals surface area contributed by atoms with Crippen molar-refractivity contribution in [2.45, 2.75) is 0 Å². The van der Waals surface area contributed by atoms with E-state index in [9.17, 15) is 0 Å². The van der Waals surface area contributed by atoms with Gasteiger partial charge in [-0.15, -0.1) is 0 Å². The molecule has 0 aromatic carbocycles. The zero-order valence-corrected chi connectivity index (χ0v) is 6.31. The second-order valence-corrected chi connectivity index (χ2v) is 2.09. The van der Waals surface area contributed by atoms with Gasteiger partial charge in [-0.05, 0) is 0 Å². The van der Waals surface area contributed by atoms with Crippen LogP contribution in [0.25, 0.3) is 0 Å². The number of halogens is 1. The van der Waals surface area contributed by atoms with Crippen LogP contribution in [0.4, 0.5) is 0 Å². The molecule has 56 valence electrons. The Morgan fingerprint density at radius 3 is 2.44 bits per heavy atom. The molecule has 0 aliphatic carbocycles. The summed E-state index contributed by atoms with van der Waals surface area (Å²) in [4.78, 5) is 16.3. The molecule has 0 aliphatic rings. The summed E-state index contributed by atoms with van der Waals surface area (Å²) in [6.45, 7) is 0.439. The summed E-state index contributed by atoms with van der Waals surface area (Å²) in [5, 5.41) is 0. The van der Waals surface area contributed by atoms with Crippen LogP contribution in [-0.2, 0) is 9.26 Å². The molecule has 0 spiro atoms. The van der Waals surface area contributed by atoms with Crippen LogP contribution in [0.1, 0.15) is 0 Å². The van der Waals surface area contributed by atoms with Crippen molar-refractivity contribution in [2.24, 2.45) is 0 Å². The number of rotatable bonds is 5. The van der Waals surface area contributed by atoms with E-state index in [-0.39, 0.29) is 19.3 Å². The second-order valence-electron chi connectivity index (χ2n) is 1.10. The quantitative estimate of drug-likeness (QED) is 0.361. The lowest BCUT2D eigenvalue weighted by atomic mass is 10.8. The fraction of sp³-hybridized carbons (Fsp3) is 1.00. The van der Waals surface area contributed by atoms with Gasteiger partial charge in [-0.3, -0.25) is 0 Å². The SMILES string of the molecule is OP(O)OCCOCCl. The van der Waals surface area contributed by atoms with E-state index < -0.39 is 8.60 Å². The van der Waals surface area contributed by atoms with Crippen LogP contribution < -0.4 is 0 Å². The lowest BCUT2D eigenvalue weighted by Crippen LogP contribution is -1.99. The van der Waals surface area contributed by atoms with E-state index in [4.69, 9.17) is 21.4 Å². The molecule has 0 aliphatic heterocycles. The highest BCUT2D eigenvalue weighted by Gasteiger charge is 1.96. The molecule has 0 amide bonds. The minimum atomic E-state index is -2.24. The number of alkyl halides is 1. The summed E-state index contributed by atoms with van der Waals surface area (Å²) in [6, 6.07) is 0.0954. The first-order chi connectivity index (χ1) is 4.27. The Balaban J connectivity index is 2.75. The molecule has 0 fully saturated rings. The van der Waals surface area contributed by atoms with Crippen molar-refractivity contribution in [3.8, 4) is 0 Å². The van der Waals surface area contributed by atoms with Gasteiger partial charge in [-0.1, -0.05) is 11.6 Å². The van der Waals surface area contributed by atoms with Crippen molar-refractivity contribution in [1.82, 2.24) is 0 Å². The Morgan fingerprint density at radius 1 is 1.33 bits per heavy atom. The molecule has 9 heavy (non-hydrogen) atoms. The van der Waals surface area contributed by atoms with Crippen molar-refractivity contribution in [2.75, 3.05) is 19.3 Å². The molecular weight excluding hydrogens is 166 g/mol. The molecule has 0 radical (unpaired) electrons. The molecule has 6 heteroatoms. The van der Waals surface area contributed by atoms with Gasteiger partial charge in [0.2, 0.25) is 0 Å². The first-order valence-electron chi connectivity index (χ1n) is 2.22. The van der Waals surface area contributed by atoms with Crippen molar-refractivity contribution >= 4 is 20.2 Å². The highest BCUT2D eigenvalue weighted by molar-refractivity contribution is 7.39. The van der Waals surface area contributed by atoms with E-state index in [1.807, 2.05) is 0 Å². The highest BCUT2D eigenvalue weighted by Crippen LogP contribution is 2.23. The summed E-state index contributed by atoms with van der Waals surface area (Å²) in [5.41, 5.74) is 0. The maximum absolute atomic E-state index is 8.16. The number of ether oxygens (including phenoxy) is 1. The zero-order chi connectivity index (χ0) is 7.11. The minimum absolute atomic E-state index is 0.0954. The first-order valence-corrected chi connectivity index (χ1v) is 3.92. The van der Waals surface area contributed by atoms with Gasteiger partial charge in [0.25, 0.3) is 0 Å². The average molecular weight is 175 g/mol. The molecular formula is C3H8ClO4P. The molecule has 0 unspecified atom stereocenters. The predicted octanol–water partition coefficient (Wildman–Crippen LogP) is 0.427. The lowest BCUT2D eigenvalue weighted by Gasteiger charge is -2.01. The maximum atomic E-state index is 8.16. The fourth-order valence-corrected chi connectivity index (χ4v) is 0.579. The first kappa shape index (κ1) is 9.56. The third-order valence-corrected chi connectivity index (χ3v) is 1.08. The summed E-state index contributed by atoms with van der Waals surface area (Å²) in [6.07, 6.45) is 0. The Kier molecular flexibility index (Phi) is 7.09. The van der Waals surface area contributed by atoms with Gasteiger partial charge in [0.15, 0.2) is 0 Å². The Bertz CT molecular complexity index is 61.8. The van der Waals surface area contributed by atoms with E-state index in [0.717, 1.165) is 0 Å².